The van der Waals surface area contributed by atoms with E-state index in [1.54, 1.807) is 0 Å². The molecule has 5 nitrogen and oxygen atoms in total. The third kappa shape index (κ3) is 4.99. The number of hydrogen-bond donors (Lipinski definition) is 1. The Morgan fingerprint density at radius 1 is 1.03 bits per heavy atom. The van der Waals surface area contributed by atoms with Gasteiger partial charge in [0.2, 0.25) is 0 Å². The van der Waals surface area contributed by atoms with Gasteiger partial charge in [0.05, 0.1) is 5.01 Å². The van der Waals surface area contributed by atoms with E-state index in [1.165, 1.54) is 28.9 Å². The number of carbonyl (C=O) groups excluding carboxylic acids is 2. The lowest BCUT2D eigenvalue weighted by Gasteiger charge is -2.29. The fraction of sp³-hybridized carbons (Fsp3) is 0.296. The predicted octanol–water partition coefficient (Wildman–Crippen LogP) is 4.64. The van der Waals surface area contributed by atoms with Crippen molar-refractivity contribution in [1.29, 1.82) is 0 Å². The summed E-state index contributed by atoms with van der Waals surface area (Å²) in [7, 11) is 0. The van der Waals surface area contributed by atoms with Crippen molar-refractivity contribution < 1.29 is 9.59 Å². The minimum Gasteiger partial charge on any atom is -0.332 e. The molecule has 0 saturated carbocycles. The van der Waals surface area contributed by atoms with Crippen molar-refractivity contribution in [3.63, 3.8) is 0 Å². The van der Waals surface area contributed by atoms with Gasteiger partial charge >= 0.3 is 0 Å². The number of benzene rings is 2. The second kappa shape index (κ2) is 9.60. The molecule has 2 aromatic carbocycles. The van der Waals surface area contributed by atoms with Gasteiger partial charge in [-0.15, -0.1) is 11.3 Å². The fourth-order valence-electron chi connectivity index (χ4n) is 4.48. The summed E-state index contributed by atoms with van der Waals surface area (Å²) in [5.41, 5.74) is 4.86. The molecule has 1 fully saturated rings. The molecule has 1 aromatic heterocycles. The smallest absolute Gasteiger partial charge is 0.298 e. The molecule has 2 amide bonds. The van der Waals surface area contributed by atoms with E-state index in [-0.39, 0.29) is 17.7 Å². The van der Waals surface area contributed by atoms with Gasteiger partial charge in [0.15, 0.2) is 0 Å². The van der Waals surface area contributed by atoms with Crippen molar-refractivity contribution in [3.05, 3.63) is 81.3 Å². The topological polar surface area (TPSA) is 62.3 Å². The molecule has 1 aliphatic carbocycles. The summed E-state index contributed by atoms with van der Waals surface area (Å²) in [5.74, 6) is 5.66. The lowest BCUT2D eigenvalue weighted by molar-refractivity contribution is -0.126. The van der Waals surface area contributed by atoms with Crippen LogP contribution in [-0.4, -0.2) is 34.8 Å². The number of carbonyl (C=O) groups is 2. The van der Waals surface area contributed by atoms with Crippen molar-refractivity contribution in [2.75, 3.05) is 18.4 Å². The van der Waals surface area contributed by atoms with E-state index in [0.29, 0.717) is 18.8 Å². The summed E-state index contributed by atoms with van der Waals surface area (Å²) < 4.78 is 0. The summed E-state index contributed by atoms with van der Waals surface area (Å²) in [6.45, 7) is 1.31. The molecular weight excluding hydrogens is 430 g/mol. The molecule has 0 spiro atoms. The second-order valence-electron chi connectivity index (χ2n) is 8.54. The molecule has 5 rings (SSSR count). The van der Waals surface area contributed by atoms with E-state index in [9.17, 15) is 9.59 Å². The number of nitrogens with one attached hydrogen (secondary N) is 1. The molecular formula is C27H25N3O2S. The number of hydrogen-bond acceptors (Lipinski definition) is 4. The number of amides is 2. The van der Waals surface area contributed by atoms with Crippen molar-refractivity contribution in [3.8, 4) is 11.8 Å². The maximum Gasteiger partial charge on any atom is 0.298 e. The van der Waals surface area contributed by atoms with Crippen molar-refractivity contribution in [2.24, 2.45) is 0 Å². The van der Waals surface area contributed by atoms with Gasteiger partial charge in [-0.3, -0.25) is 9.59 Å². The molecule has 3 aromatic rings. The molecule has 6 heteroatoms. The van der Waals surface area contributed by atoms with Gasteiger partial charge in [-0.25, -0.2) is 4.98 Å². The van der Waals surface area contributed by atoms with Crippen LogP contribution in [0.3, 0.4) is 0 Å². The van der Waals surface area contributed by atoms with E-state index < -0.39 is 0 Å². The zero-order chi connectivity index (χ0) is 22.6. The second-order valence-corrected chi connectivity index (χ2v) is 9.43. The number of aromatic nitrogens is 1. The number of nitrogens with zero attached hydrogens (tertiary/aromatic N) is 2. The van der Waals surface area contributed by atoms with Crippen LogP contribution < -0.4 is 5.32 Å². The fourth-order valence-corrected chi connectivity index (χ4v) is 5.45. The first-order chi connectivity index (χ1) is 16.2. The third-order valence-electron chi connectivity index (χ3n) is 6.33. The van der Waals surface area contributed by atoms with Gasteiger partial charge in [0.25, 0.3) is 11.8 Å². The highest BCUT2D eigenvalue weighted by Crippen LogP contribution is 2.31. The van der Waals surface area contributed by atoms with Gasteiger partial charge in [0.1, 0.15) is 5.69 Å². The van der Waals surface area contributed by atoms with Crippen LogP contribution in [0.4, 0.5) is 5.69 Å². The highest BCUT2D eigenvalue weighted by molar-refractivity contribution is 7.10. The van der Waals surface area contributed by atoms with Gasteiger partial charge in [-0.05, 0) is 67.5 Å². The Bertz CT molecular complexity index is 1230. The standard InChI is InChI=1S/C27H25N3O2S/c31-25(12-9-19-5-2-1-3-6-19)30-15-13-21(14-16-30)27-29-24(18-33-27)26(32)28-23-11-10-20-7-4-8-22(20)17-23/h1-3,5-6,10-11,17-18,21H,4,7-8,13-16H2,(H,28,32). The zero-order valence-corrected chi connectivity index (χ0v) is 19.2. The first kappa shape index (κ1) is 21.4. The number of rotatable bonds is 3. The average molecular weight is 456 g/mol. The van der Waals surface area contributed by atoms with E-state index in [0.717, 1.165) is 41.9 Å². The first-order valence-electron chi connectivity index (χ1n) is 11.4. The van der Waals surface area contributed by atoms with Crippen LogP contribution in [0, 0.1) is 11.8 Å². The molecule has 2 heterocycles. The minimum atomic E-state index is -0.167. The summed E-state index contributed by atoms with van der Waals surface area (Å²) in [5, 5.41) is 5.79. The van der Waals surface area contributed by atoms with E-state index in [1.807, 2.05) is 46.7 Å². The lowest BCUT2D eigenvalue weighted by atomic mass is 9.97. The van der Waals surface area contributed by atoms with Crippen LogP contribution in [0.5, 0.6) is 0 Å². The normalized spacial score (nSPS) is 15.5. The van der Waals surface area contributed by atoms with Gasteiger partial charge in [-0.1, -0.05) is 30.2 Å². The highest BCUT2D eigenvalue weighted by Gasteiger charge is 2.26. The lowest BCUT2D eigenvalue weighted by Crippen LogP contribution is -2.37. The molecule has 0 atom stereocenters. The SMILES string of the molecule is O=C(Nc1ccc2c(c1)CCC2)c1csc(C2CCN(C(=O)C#Cc3ccccc3)CC2)n1. The van der Waals surface area contributed by atoms with E-state index >= 15 is 0 Å². The third-order valence-corrected chi connectivity index (χ3v) is 7.34. The van der Waals surface area contributed by atoms with Crippen molar-refractivity contribution in [2.45, 2.75) is 38.0 Å². The van der Waals surface area contributed by atoms with Crippen LogP contribution in [0.25, 0.3) is 0 Å². The maximum absolute atomic E-state index is 12.7. The van der Waals surface area contributed by atoms with Crippen LogP contribution in [0.2, 0.25) is 0 Å². The Kier molecular flexibility index (Phi) is 6.23. The number of thiazole rings is 1. The van der Waals surface area contributed by atoms with Crippen LogP contribution in [-0.2, 0) is 17.6 Å². The van der Waals surface area contributed by atoms with Crippen LogP contribution in [0.1, 0.15) is 57.4 Å². The molecule has 1 saturated heterocycles. The predicted molar refractivity (Wildman–Crippen MR) is 130 cm³/mol. The molecule has 0 radical (unpaired) electrons. The molecule has 33 heavy (non-hydrogen) atoms. The Morgan fingerprint density at radius 2 is 1.82 bits per heavy atom. The van der Waals surface area contributed by atoms with Gasteiger partial charge in [-0.2, -0.15) is 0 Å². The Hall–Kier alpha value is -3.43. The average Bonchev–Trinajstić information content (AvgIpc) is 3.53. The number of piperidine rings is 1. The van der Waals surface area contributed by atoms with Crippen LogP contribution >= 0.6 is 11.3 Å². The maximum atomic E-state index is 12.7. The molecule has 0 unspecified atom stereocenters. The molecule has 1 N–H and O–H groups in total. The number of anilines is 1. The summed E-state index contributed by atoms with van der Waals surface area (Å²) in [4.78, 5) is 31.6. The van der Waals surface area contributed by atoms with Gasteiger partial charge in [0, 0.05) is 41.6 Å². The molecule has 0 bridgehead atoms. The summed E-state index contributed by atoms with van der Waals surface area (Å²) in [6.07, 6.45) is 5.06. The van der Waals surface area contributed by atoms with E-state index in [4.69, 9.17) is 0 Å². The highest BCUT2D eigenvalue weighted by atomic mass is 32.1. The minimum absolute atomic E-state index is 0.133. The largest absolute Gasteiger partial charge is 0.332 e. The van der Waals surface area contributed by atoms with Crippen molar-refractivity contribution in [1.82, 2.24) is 9.88 Å². The first-order valence-corrected chi connectivity index (χ1v) is 12.3. The Balaban J connectivity index is 1.16. The Morgan fingerprint density at radius 3 is 2.64 bits per heavy atom. The van der Waals surface area contributed by atoms with Crippen molar-refractivity contribution >= 4 is 28.8 Å². The summed E-state index contributed by atoms with van der Waals surface area (Å²) >= 11 is 1.53. The molecule has 166 valence electrons. The molecule has 2 aliphatic rings. The molecule has 1 aliphatic heterocycles. The number of likely N-dealkylation sites (tertiary alicyclic amines) is 1. The monoisotopic (exact) mass is 455 g/mol. The quantitative estimate of drug-likeness (QED) is 0.585. The van der Waals surface area contributed by atoms with Crippen LogP contribution in [0.15, 0.2) is 53.9 Å². The zero-order valence-electron chi connectivity index (χ0n) is 18.3. The number of fused-ring (bicyclic) bond motifs is 1. The Labute approximate surface area is 197 Å². The summed E-state index contributed by atoms with van der Waals surface area (Å²) in [6, 6.07) is 15.7. The van der Waals surface area contributed by atoms with E-state index in [2.05, 4.69) is 34.3 Å². The van der Waals surface area contributed by atoms with Gasteiger partial charge < -0.3 is 10.2 Å². The number of aryl methyl sites for hydroxylation is 2.